The average Bonchev–Trinajstić information content (AvgIpc) is 2.36. The van der Waals surface area contributed by atoms with E-state index < -0.39 is 0 Å². The van der Waals surface area contributed by atoms with Gasteiger partial charge in [0.1, 0.15) is 5.82 Å². The highest BCUT2D eigenvalue weighted by atomic mass is 35.5. The summed E-state index contributed by atoms with van der Waals surface area (Å²) in [5.41, 5.74) is 0.795. The van der Waals surface area contributed by atoms with Crippen molar-refractivity contribution in [1.29, 1.82) is 0 Å². The molecule has 1 atom stereocenters. The first-order valence-electron chi connectivity index (χ1n) is 5.74. The third-order valence-electron chi connectivity index (χ3n) is 3.04. The molecule has 1 aliphatic rings. The number of nitrogens with zero attached hydrogens (tertiary/aromatic N) is 1. The molecule has 0 amide bonds. The van der Waals surface area contributed by atoms with Crippen molar-refractivity contribution >= 4 is 11.6 Å². The summed E-state index contributed by atoms with van der Waals surface area (Å²) in [5, 5.41) is 3.88. The SMILES string of the molecule is C=C[C@@H](c1cc(F)ccc1Cl)N1CCNCC1. The molecule has 92 valence electrons. The van der Waals surface area contributed by atoms with Crippen molar-refractivity contribution in [3.05, 3.63) is 47.3 Å². The van der Waals surface area contributed by atoms with E-state index in [-0.39, 0.29) is 11.9 Å². The van der Waals surface area contributed by atoms with Crippen molar-refractivity contribution in [3.63, 3.8) is 0 Å². The summed E-state index contributed by atoms with van der Waals surface area (Å²) in [6, 6.07) is 4.46. The van der Waals surface area contributed by atoms with Crippen molar-refractivity contribution in [2.45, 2.75) is 6.04 Å². The summed E-state index contributed by atoms with van der Waals surface area (Å²) in [6.07, 6.45) is 1.83. The molecule has 1 heterocycles. The predicted molar refractivity (Wildman–Crippen MR) is 68.8 cm³/mol. The first-order valence-corrected chi connectivity index (χ1v) is 6.12. The smallest absolute Gasteiger partial charge is 0.123 e. The van der Waals surface area contributed by atoms with Gasteiger partial charge in [-0.1, -0.05) is 17.7 Å². The number of hydrogen-bond acceptors (Lipinski definition) is 2. The van der Waals surface area contributed by atoms with Gasteiger partial charge in [0.25, 0.3) is 0 Å². The molecule has 0 bridgehead atoms. The van der Waals surface area contributed by atoms with Gasteiger partial charge in [-0.15, -0.1) is 6.58 Å². The molecule has 0 radical (unpaired) electrons. The number of hydrogen-bond donors (Lipinski definition) is 1. The molecule has 0 spiro atoms. The largest absolute Gasteiger partial charge is 0.314 e. The quantitative estimate of drug-likeness (QED) is 0.835. The van der Waals surface area contributed by atoms with E-state index in [2.05, 4.69) is 16.8 Å². The van der Waals surface area contributed by atoms with Gasteiger partial charge in [0, 0.05) is 31.2 Å². The first kappa shape index (κ1) is 12.6. The molecule has 1 saturated heterocycles. The lowest BCUT2D eigenvalue weighted by molar-refractivity contribution is 0.203. The van der Waals surface area contributed by atoms with Crippen LogP contribution in [0, 0.1) is 5.82 Å². The summed E-state index contributed by atoms with van der Waals surface area (Å²) in [4.78, 5) is 2.25. The standard InChI is InChI=1S/C13H16ClFN2/c1-2-13(17-7-5-16-6-8-17)11-9-10(15)3-4-12(11)14/h2-4,9,13,16H,1,5-8H2/t13-/m0/s1. The van der Waals surface area contributed by atoms with Crippen LogP contribution in [0.25, 0.3) is 0 Å². The molecule has 0 saturated carbocycles. The molecule has 1 fully saturated rings. The molecule has 2 rings (SSSR count). The topological polar surface area (TPSA) is 15.3 Å². The molecule has 1 aromatic carbocycles. The van der Waals surface area contributed by atoms with Crippen LogP contribution < -0.4 is 5.32 Å². The van der Waals surface area contributed by atoms with Crippen molar-refractivity contribution in [2.24, 2.45) is 0 Å². The van der Waals surface area contributed by atoms with Crippen LogP contribution in [-0.2, 0) is 0 Å². The second kappa shape index (κ2) is 5.63. The summed E-state index contributed by atoms with van der Waals surface area (Å²) in [5.74, 6) is -0.258. The van der Waals surface area contributed by atoms with Gasteiger partial charge in [0.05, 0.1) is 6.04 Å². The van der Waals surface area contributed by atoms with Gasteiger partial charge in [-0.25, -0.2) is 4.39 Å². The minimum absolute atomic E-state index is 0.0136. The molecule has 2 nitrogen and oxygen atoms in total. The van der Waals surface area contributed by atoms with E-state index in [1.165, 1.54) is 12.1 Å². The van der Waals surface area contributed by atoms with Gasteiger partial charge in [-0.05, 0) is 23.8 Å². The average molecular weight is 255 g/mol. The van der Waals surface area contributed by atoms with Crippen molar-refractivity contribution < 1.29 is 4.39 Å². The maximum Gasteiger partial charge on any atom is 0.123 e. The Balaban J connectivity index is 2.27. The number of piperazine rings is 1. The Morgan fingerprint density at radius 3 is 2.76 bits per heavy atom. The van der Waals surface area contributed by atoms with E-state index >= 15 is 0 Å². The molecular weight excluding hydrogens is 239 g/mol. The molecule has 0 aliphatic carbocycles. The number of rotatable bonds is 3. The predicted octanol–water partition coefficient (Wildman–Crippen LogP) is 2.61. The molecule has 0 aromatic heterocycles. The monoisotopic (exact) mass is 254 g/mol. The van der Waals surface area contributed by atoms with Gasteiger partial charge in [0.2, 0.25) is 0 Å². The Kier molecular flexibility index (Phi) is 4.15. The van der Waals surface area contributed by atoms with Crippen molar-refractivity contribution in [1.82, 2.24) is 10.2 Å². The van der Waals surface area contributed by atoms with Gasteiger partial charge in [-0.3, -0.25) is 4.90 Å². The van der Waals surface area contributed by atoms with Gasteiger partial charge in [-0.2, -0.15) is 0 Å². The fourth-order valence-electron chi connectivity index (χ4n) is 2.17. The fraction of sp³-hybridized carbons (Fsp3) is 0.385. The van der Waals surface area contributed by atoms with Gasteiger partial charge in [0.15, 0.2) is 0 Å². The third kappa shape index (κ3) is 2.86. The van der Waals surface area contributed by atoms with E-state index in [0.717, 1.165) is 31.7 Å². The second-order valence-corrected chi connectivity index (χ2v) is 4.54. The fourth-order valence-corrected chi connectivity index (χ4v) is 2.40. The lowest BCUT2D eigenvalue weighted by Crippen LogP contribution is -2.44. The van der Waals surface area contributed by atoms with Crippen LogP contribution in [-0.4, -0.2) is 31.1 Å². The molecule has 1 aliphatic heterocycles. The highest BCUT2D eigenvalue weighted by molar-refractivity contribution is 6.31. The number of benzene rings is 1. The van der Waals surface area contributed by atoms with E-state index in [0.29, 0.717) is 5.02 Å². The van der Waals surface area contributed by atoms with E-state index in [1.54, 1.807) is 6.07 Å². The summed E-state index contributed by atoms with van der Waals surface area (Å²) < 4.78 is 13.3. The first-order chi connectivity index (χ1) is 8.22. The van der Waals surface area contributed by atoms with E-state index in [9.17, 15) is 4.39 Å². The van der Waals surface area contributed by atoms with E-state index in [4.69, 9.17) is 11.6 Å². The maximum atomic E-state index is 13.3. The van der Waals surface area contributed by atoms with Crippen LogP contribution in [0.15, 0.2) is 30.9 Å². The molecule has 1 aromatic rings. The van der Waals surface area contributed by atoms with Crippen LogP contribution >= 0.6 is 11.6 Å². The number of halogens is 2. The van der Waals surface area contributed by atoms with E-state index in [1.807, 2.05) is 6.08 Å². The number of nitrogens with one attached hydrogen (secondary N) is 1. The Labute approximate surface area is 106 Å². The lowest BCUT2D eigenvalue weighted by atomic mass is 10.0. The maximum absolute atomic E-state index is 13.3. The minimum atomic E-state index is -0.258. The van der Waals surface area contributed by atoms with Crippen molar-refractivity contribution in [3.8, 4) is 0 Å². The zero-order valence-electron chi connectivity index (χ0n) is 9.63. The summed E-state index contributed by atoms with van der Waals surface area (Å²) >= 11 is 6.13. The van der Waals surface area contributed by atoms with Crippen LogP contribution in [0.3, 0.4) is 0 Å². The Hall–Kier alpha value is -0.900. The molecule has 4 heteroatoms. The zero-order chi connectivity index (χ0) is 12.3. The third-order valence-corrected chi connectivity index (χ3v) is 3.39. The normalized spacial score (nSPS) is 18.9. The highest BCUT2D eigenvalue weighted by Crippen LogP contribution is 2.29. The molecular formula is C13H16ClFN2. The van der Waals surface area contributed by atoms with Crippen molar-refractivity contribution in [2.75, 3.05) is 26.2 Å². The van der Waals surface area contributed by atoms with Crippen LogP contribution in [0.1, 0.15) is 11.6 Å². The summed E-state index contributed by atoms with van der Waals surface area (Å²) in [7, 11) is 0. The minimum Gasteiger partial charge on any atom is -0.314 e. The van der Waals surface area contributed by atoms with Crippen LogP contribution in [0.4, 0.5) is 4.39 Å². The molecule has 1 N–H and O–H groups in total. The van der Waals surface area contributed by atoms with Gasteiger partial charge >= 0.3 is 0 Å². The lowest BCUT2D eigenvalue weighted by Gasteiger charge is -2.33. The zero-order valence-corrected chi connectivity index (χ0v) is 10.4. The summed E-state index contributed by atoms with van der Waals surface area (Å²) in [6.45, 7) is 7.56. The second-order valence-electron chi connectivity index (χ2n) is 4.13. The van der Waals surface area contributed by atoms with Gasteiger partial charge < -0.3 is 5.32 Å². The van der Waals surface area contributed by atoms with Crippen LogP contribution in [0.2, 0.25) is 5.02 Å². The van der Waals surface area contributed by atoms with Crippen LogP contribution in [0.5, 0.6) is 0 Å². The molecule has 0 unspecified atom stereocenters. The highest BCUT2D eigenvalue weighted by Gasteiger charge is 2.21. The Morgan fingerprint density at radius 2 is 2.12 bits per heavy atom. The Morgan fingerprint density at radius 1 is 1.41 bits per heavy atom. The molecule has 17 heavy (non-hydrogen) atoms. The Bertz CT molecular complexity index is 402.